The van der Waals surface area contributed by atoms with Gasteiger partial charge in [0.1, 0.15) is 28.1 Å². The predicted octanol–water partition coefficient (Wildman–Crippen LogP) is -11.0. The fourth-order valence-corrected chi connectivity index (χ4v) is 10.7. The zero-order chi connectivity index (χ0) is 81.8. The van der Waals surface area contributed by atoms with Crippen molar-refractivity contribution < 1.29 is 49.1 Å². The van der Waals surface area contributed by atoms with Crippen molar-refractivity contribution in [1.29, 1.82) is 0 Å². The van der Waals surface area contributed by atoms with Crippen LogP contribution in [0.25, 0.3) is 0 Å². The molecule has 50 nitrogen and oxygen atoms in total. The molecule has 0 radical (unpaired) electrons. The maximum atomic E-state index is 12.6. The summed E-state index contributed by atoms with van der Waals surface area (Å²) in [4.78, 5) is 161. The molecule has 5 atom stereocenters. The minimum absolute atomic E-state index is 0.00520. The van der Waals surface area contributed by atoms with Gasteiger partial charge in [0.25, 0.3) is 45.9 Å². The summed E-state index contributed by atoms with van der Waals surface area (Å²) in [7, 11) is 10.3. The van der Waals surface area contributed by atoms with Gasteiger partial charge in [-0.25, -0.2) is 24.2 Å². The van der Waals surface area contributed by atoms with Crippen LogP contribution in [-0.4, -0.2) is 291 Å². The van der Waals surface area contributed by atoms with Gasteiger partial charge in [0, 0.05) is 119 Å². The molecule has 2 fully saturated rings. The Morgan fingerprint density at radius 1 is 0.473 bits per heavy atom. The first-order chi connectivity index (χ1) is 53.2. The van der Waals surface area contributed by atoms with Gasteiger partial charge in [-0.2, -0.15) is 19.2 Å². The summed E-state index contributed by atoms with van der Waals surface area (Å²) >= 11 is 0. The van der Waals surface area contributed by atoms with Gasteiger partial charge in [0.05, 0.1) is 116 Å². The molecular formula is C62H90N32O18. The Hall–Kier alpha value is -12.2. The molecule has 606 valence electrons. The van der Waals surface area contributed by atoms with E-state index in [0.29, 0.717) is 51.9 Å². The summed E-state index contributed by atoms with van der Waals surface area (Å²) in [6.07, 6.45) is 5.48. The van der Waals surface area contributed by atoms with Crippen molar-refractivity contribution in [1.82, 2.24) is 158 Å². The molecule has 2 saturated heterocycles. The van der Waals surface area contributed by atoms with Crippen molar-refractivity contribution in [3.8, 4) is 0 Å². The molecule has 8 N–H and O–H groups in total. The van der Waals surface area contributed by atoms with Gasteiger partial charge in [-0.1, -0.05) is 0 Å². The Morgan fingerprint density at radius 3 is 1.14 bits per heavy atom. The van der Waals surface area contributed by atoms with Crippen molar-refractivity contribution in [3.63, 3.8) is 0 Å². The maximum absolute atomic E-state index is 12.6. The number of hydrogen-bond acceptors (Lipinski definition) is 33. The molecule has 1 unspecified atom stereocenters. The largest absolute Gasteiger partial charge is 0.391 e. The third kappa shape index (κ3) is 23.2. The lowest BCUT2D eigenvalue weighted by molar-refractivity contribution is 0.00667. The van der Waals surface area contributed by atoms with E-state index in [-0.39, 0.29) is 110 Å². The Morgan fingerprint density at radius 2 is 0.812 bits per heavy atom. The Bertz CT molecular complexity index is 5250. The molecule has 9 aromatic rings. The van der Waals surface area contributed by atoms with Crippen molar-refractivity contribution in [3.05, 3.63) is 172 Å². The number of hydrogen-bond donors (Lipinski definition) is 8. The first-order valence-corrected chi connectivity index (χ1v) is 34.8. The van der Waals surface area contributed by atoms with E-state index in [1.807, 2.05) is 7.05 Å². The lowest BCUT2D eigenvalue weighted by Gasteiger charge is -2.32. The number of aliphatic hydroxyl groups excluding tert-OH is 4. The van der Waals surface area contributed by atoms with Crippen LogP contribution in [0.5, 0.6) is 0 Å². The molecule has 0 aromatic carbocycles. The van der Waals surface area contributed by atoms with Crippen LogP contribution in [0.4, 0.5) is 0 Å². The number of carbonyl (C=O) groups excluding carboxylic acids is 4. The molecule has 9 aromatic heterocycles. The fourth-order valence-electron chi connectivity index (χ4n) is 10.7. The first kappa shape index (κ1) is 85.4. The molecule has 50 heteroatoms. The van der Waals surface area contributed by atoms with Crippen LogP contribution in [-0.2, 0) is 104 Å². The number of nitrogens with zero attached hydrogens (tertiary/aromatic N) is 28. The van der Waals surface area contributed by atoms with Crippen molar-refractivity contribution >= 4 is 23.6 Å². The van der Waals surface area contributed by atoms with E-state index in [9.17, 15) is 78.0 Å². The van der Waals surface area contributed by atoms with Crippen LogP contribution in [0.15, 0.2) is 75.5 Å². The third-order valence-electron chi connectivity index (χ3n) is 16.7. The fraction of sp³-hybridized carbons (Fsp3) is 0.565. The van der Waals surface area contributed by atoms with Crippen LogP contribution in [0.1, 0.15) is 98.2 Å². The number of aromatic nitrogens is 26. The second kappa shape index (κ2) is 39.4. The average molecular weight is 1570 g/mol. The monoisotopic (exact) mass is 1570 g/mol. The second-order valence-electron chi connectivity index (χ2n) is 26.1. The summed E-state index contributed by atoms with van der Waals surface area (Å²) in [5.74, 6) is -0.892. The number of imidazole rings is 1. The molecule has 11 heterocycles. The van der Waals surface area contributed by atoms with E-state index in [4.69, 9.17) is 9.47 Å². The molecule has 0 spiro atoms. The average Bonchev–Trinajstić information content (AvgIpc) is 1.61. The second-order valence-corrected chi connectivity index (χ2v) is 26.1. The quantitative estimate of drug-likeness (QED) is 0.0237. The molecule has 4 amide bonds. The van der Waals surface area contributed by atoms with Crippen molar-refractivity contribution in [2.75, 3.05) is 79.8 Å². The molecular weight excluding hydrogens is 1480 g/mol. The summed E-state index contributed by atoms with van der Waals surface area (Å²) in [5.41, 5.74) is -5.85. The molecule has 0 saturated carbocycles. The summed E-state index contributed by atoms with van der Waals surface area (Å²) < 4.78 is 20.5. The highest BCUT2D eigenvalue weighted by Crippen LogP contribution is 2.06. The summed E-state index contributed by atoms with van der Waals surface area (Å²) in [6.45, 7) is 12.9. The van der Waals surface area contributed by atoms with Gasteiger partial charge in [-0.3, -0.25) is 84.7 Å². The van der Waals surface area contributed by atoms with E-state index in [1.165, 1.54) is 88.3 Å². The van der Waals surface area contributed by atoms with E-state index in [2.05, 4.69) is 97.7 Å². The highest BCUT2D eigenvalue weighted by molar-refractivity contribution is 5.95. The van der Waals surface area contributed by atoms with Crippen molar-refractivity contribution in [2.24, 2.45) is 35.2 Å². The number of carbonyl (C=O) groups is 4. The maximum Gasteiger partial charge on any atom is 0.331 e. The summed E-state index contributed by atoms with van der Waals surface area (Å²) in [6, 6.07) is 0.00520. The van der Waals surface area contributed by atoms with Crippen LogP contribution in [0.2, 0.25) is 0 Å². The summed E-state index contributed by atoms with van der Waals surface area (Å²) in [5, 5.41) is 94.6. The van der Waals surface area contributed by atoms with Crippen LogP contribution in [0.3, 0.4) is 0 Å². The molecule has 11 rings (SSSR count). The van der Waals surface area contributed by atoms with Crippen molar-refractivity contribution in [2.45, 2.75) is 117 Å². The number of amides is 4. The van der Waals surface area contributed by atoms with E-state index >= 15 is 0 Å². The van der Waals surface area contributed by atoms with E-state index in [0.717, 1.165) is 47.0 Å². The minimum Gasteiger partial charge on any atom is -0.391 e. The van der Waals surface area contributed by atoms with Crippen LogP contribution < -0.4 is 66.3 Å². The van der Waals surface area contributed by atoms with Gasteiger partial charge in [-0.15, -0.1) is 40.8 Å². The number of rotatable bonds is 27. The standard InChI is InChI=1S/2C17H26N8O5.C16H21N9O4.C12H17N7O4/c1-11(26)7-25-20-14(19-21-25)9-24-8-13(16(28)23(3)17(24)29)15(27)18-6-12-10-30-5-4-22(12)2;1-12(26)9-25-20-14(19-21-25)11-24-10-13(16(28)22(2)17(24)29)15(27)18-3-4-23-5-7-30-8-6-23;1-10(26)7-25-20-12(19-21-25)9-24-8-11(15(28)23(3)16(24)29)14(27)18-6-13-17-4-5-22(13)2;1-7(20)4-19-15-9(14-16-19)6-18-5-8(10(21)13-2)11(22)17(3)12(18)23/h8,11-12,26H,4-7,9-10H2,1-3H3,(H,18,27);10,12,26H,3-9,11H2,1-2H3,(H,18,27);4-5,8,10,26H,6-7,9H2,1-3H3,(H,18,27);5,7,20H,4,6H2,1-3H3,(H,13,21)/t11-,12?;12-;10-;7-/m1111/s1. The lowest BCUT2D eigenvalue weighted by atomic mass is 10.2. The van der Waals surface area contributed by atoms with Gasteiger partial charge in [0.15, 0.2) is 23.3 Å². The number of aryl methyl sites for hydroxylation is 1. The molecule has 0 aliphatic carbocycles. The van der Waals surface area contributed by atoms with E-state index < -0.39 is 93.0 Å². The SMILES string of the molecule is CNC(=O)c1cn(Cc2nnn(C[C@@H](C)O)n2)c(=O)n(C)c1=O.C[C@@H](O)Cn1nnc(Cn2cc(C(=O)NCC3COCCN3C)c(=O)n(C)c2=O)n1.C[C@@H](O)Cn1nnc(Cn2cc(C(=O)NCCN3CCOCC3)c(=O)n(C)c2=O)n1.C[C@@H](O)Cn1nnc(Cn2cc(C(=O)NCc3nccn3C)c(=O)n(C)c2=O)n1. The number of likely N-dealkylation sites (N-methyl/N-ethyl adjacent to an activating group) is 1. The van der Waals surface area contributed by atoms with Gasteiger partial charge in [-0.05, 0) is 55.6 Å². The Balaban J connectivity index is 0.000000188. The first-order valence-electron chi connectivity index (χ1n) is 34.8. The number of morpholine rings is 2. The van der Waals surface area contributed by atoms with Gasteiger partial charge in [0.2, 0.25) is 0 Å². The molecule has 2 aliphatic rings. The van der Waals surface area contributed by atoms with Crippen LogP contribution >= 0.6 is 0 Å². The lowest BCUT2D eigenvalue weighted by Crippen LogP contribution is -2.50. The number of aliphatic hydroxyl groups is 4. The molecule has 0 bridgehead atoms. The smallest absolute Gasteiger partial charge is 0.331 e. The normalized spacial score (nSPS) is 14.8. The number of ether oxygens (including phenoxy) is 2. The topological polar surface area (TPSA) is 590 Å². The molecule has 112 heavy (non-hydrogen) atoms. The third-order valence-corrected chi connectivity index (χ3v) is 16.7. The minimum atomic E-state index is -0.714. The highest BCUT2D eigenvalue weighted by atomic mass is 16.5. The zero-order valence-corrected chi connectivity index (χ0v) is 63.3. The van der Waals surface area contributed by atoms with Gasteiger partial charge >= 0.3 is 22.8 Å². The zero-order valence-electron chi connectivity index (χ0n) is 63.3. The Labute approximate surface area is 632 Å². The molecule has 2 aliphatic heterocycles. The predicted molar refractivity (Wildman–Crippen MR) is 385 cm³/mol. The van der Waals surface area contributed by atoms with Gasteiger partial charge < -0.3 is 55.7 Å². The van der Waals surface area contributed by atoms with E-state index in [1.54, 1.807) is 51.7 Å². The highest BCUT2D eigenvalue weighted by Gasteiger charge is 2.25. The number of tetrazole rings is 4. The van der Waals surface area contributed by atoms with Crippen LogP contribution in [0, 0.1) is 0 Å². The Kier molecular flexibility index (Phi) is 30.0. The number of nitrogens with one attached hydrogen (secondary N) is 4.